The number of aromatic nitrogens is 1. The van der Waals surface area contributed by atoms with Crippen LogP contribution in [-0.2, 0) is 19.6 Å². The lowest BCUT2D eigenvalue weighted by Gasteiger charge is -2.14. The summed E-state index contributed by atoms with van der Waals surface area (Å²) in [6, 6.07) is 19.5. The zero-order valence-electron chi connectivity index (χ0n) is 20.7. The Balaban J connectivity index is 1.65. The highest BCUT2D eigenvalue weighted by Gasteiger charge is 2.22. The minimum absolute atomic E-state index is 0.279. The Bertz CT molecular complexity index is 1360. The van der Waals surface area contributed by atoms with Gasteiger partial charge in [0.1, 0.15) is 5.69 Å². The molecule has 0 aliphatic rings. The number of carboxylic acids is 1. The highest BCUT2D eigenvalue weighted by atomic mass is 16.5. The molecule has 0 amide bonds. The second kappa shape index (κ2) is 11.0. The van der Waals surface area contributed by atoms with E-state index in [0.29, 0.717) is 36.9 Å². The van der Waals surface area contributed by atoms with E-state index in [2.05, 4.69) is 11.9 Å². The van der Waals surface area contributed by atoms with E-state index in [-0.39, 0.29) is 5.69 Å². The molecular weight excluding hydrogens is 456 g/mol. The quantitative estimate of drug-likeness (QED) is 0.298. The number of nitrogens with one attached hydrogen (secondary N) is 1. The Morgan fingerprint density at radius 3 is 2.19 bits per heavy atom. The summed E-state index contributed by atoms with van der Waals surface area (Å²) < 4.78 is 18.2. The number of aromatic carboxylic acids is 1. The summed E-state index contributed by atoms with van der Waals surface area (Å²) in [4.78, 5) is 12.5. The normalized spacial score (nSPS) is 10.9. The van der Waals surface area contributed by atoms with Gasteiger partial charge in [-0.2, -0.15) is 0 Å². The van der Waals surface area contributed by atoms with Crippen molar-refractivity contribution in [1.82, 2.24) is 9.88 Å². The molecule has 4 aromatic rings. The van der Waals surface area contributed by atoms with Gasteiger partial charge in [0.05, 0.1) is 21.3 Å². The zero-order valence-corrected chi connectivity index (χ0v) is 20.7. The number of nitrogens with zero attached hydrogens (tertiary/aromatic N) is 1. The largest absolute Gasteiger partial charge is 0.493 e. The lowest BCUT2D eigenvalue weighted by molar-refractivity contribution is 0.0684. The van der Waals surface area contributed by atoms with E-state index in [4.69, 9.17) is 14.2 Å². The molecule has 0 aliphatic carbocycles. The Hall–Kier alpha value is -4.23. The second-order valence-corrected chi connectivity index (χ2v) is 8.32. The Labute approximate surface area is 210 Å². The molecule has 0 spiro atoms. The molecule has 2 N–H and O–H groups in total. The Kier molecular flexibility index (Phi) is 7.61. The van der Waals surface area contributed by atoms with Crippen LogP contribution in [0.4, 0.5) is 0 Å². The maximum atomic E-state index is 12.5. The van der Waals surface area contributed by atoms with E-state index in [9.17, 15) is 9.90 Å². The van der Waals surface area contributed by atoms with Gasteiger partial charge in [-0.25, -0.2) is 4.79 Å². The first-order valence-corrected chi connectivity index (χ1v) is 11.5. The van der Waals surface area contributed by atoms with Crippen molar-refractivity contribution >= 4 is 22.9 Å². The Morgan fingerprint density at radius 2 is 1.61 bits per heavy atom. The van der Waals surface area contributed by atoms with Crippen LogP contribution in [0, 0.1) is 0 Å². The molecule has 0 saturated carbocycles. The van der Waals surface area contributed by atoms with E-state index < -0.39 is 5.97 Å². The number of benzene rings is 3. The van der Waals surface area contributed by atoms with Crippen LogP contribution in [0.25, 0.3) is 17.0 Å². The van der Waals surface area contributed by atoms with Gasteiger partial charge in [-0.3, -0.25) is 0 Å². The van der Waals surface area contributed by atoms with Crippen molar-refractivity contribution in [2.75, 3.05) is 21.3 Å². The molecule has 1 aromatic heterocycles. The average Bonchev–Trinajstić information content (AvgIpc) is 3.21. The number of carboxylic acid groups (broad SMARTS) is 1. The lowest BCUT2D eigenvalue weighted by Crippen LogP contribution is -2.17. The van der Waals surface area contributed by atoms with Crippen LogP contribution >= 0.6 is 0 Å². The average molecular weight is 487 g/mol. The fourth-order valence-electron chi connectivity index (χ4n) is 4.47. The van der Waals surface area contributed by atoms with Gasteiger partial charge in [0.15, 0.2) is 11.5 Å². The van der Waals surface area contributed by atoms with Gasteiger partial charge in [-0.15, -0.1) is 0 Å². The molecular formula is C29H30N2O5. The number of fused-ring (bicyclic) bond motifs is 1. The molecule has 0 saturated heterocycles. The summed E-state index contributed by atoms with van der Waals surface area (Å²) in [5, 5.41) is 14.5. The van der Waals surface area contributed by atoms with Crippen LogP contribution in [0.15, 0.2) is 67.2 Å². The summed E-state index contributed by atoms with van der Waals surface area (Å²) in [7, 11) is 4.72. The van der Waals surface area contributed by atoms with E-state index in [1.807, 2.05) is 65.2 Å². The molecule has 0 aliphatic heterocycles. The third kappa shape index (κ3) is 4.92. The molecule has 0 bridgehead atoms. The van der Waals surface area contributed by atoms with Gasteiger partial charge in [-0.05, 0) is 34.9 Å². The predicted molar refractivity (Wildman–Crippen MR) is 141 cm³/mol. The molecule has 36 heavy (non-hydrogen) atoms. The van der Waals surface area contributed by atoms with Gasteiger partial charge < -0.3 is 29.2 Å². The summed E-state index contributed by atoms with van der Waals surface area (Å²) in [5.74, 6) is 0.706. The predicted octanol–water partition coefficient (Wildman–Crippen LogP) is 5.35. The zero-order chi connectivity index (χ0) is 25.7. The van der Waals surface area contributed by atoms with E-state index in [1.54, 1.807) is 27.4 Å². The monoisotopic (exact) mass is 486 g/mol. The van der Waals surface area contributed by atoms with Crippen LogP contribution in [0.3, 0.4) is 0 Å². The first kappa shape index (κ1) is 24.9. The maximum Gasteiger partial charge on any atom is 0.352 e. The van der Waals surface area contributed by atoms with Gasteiger partial charge >= 0.3 is 5.97 Å². The third-order valence-corrected chi connectivity index (χ3v) is 6.19. The standard InChI is InChI=1S/C29H30N2O5/c1-5-19-10-12-20(13-11-19)18-31-24-9-7-6-8-22(24)23(27(31)29(32)33)17-30-16-21-14-25(34-2)28(36-4)26(15-21)35-3/h5-15,30H,1,16-18H2,2-4H3,(H,32,33). The van der Waals surface area contributed by atoms with Crippen molar-refractivity contribution in [3.63, 3.8) is 0 Å². The minimum Gasteiger partial charge on any atom is -0.493 e. The van der Waals surface area contributed by atoms with E-state index >= 15 is 0 Å². The number of carbonyl (C=O) groups is 1. The third-order valence-electron chi connectivity index (χ3n) is 6.19. The fourth-order valence-corrected chi connectivity index (χ4v) is 4.47. The van der Waals surface area contributed by atoms with Gasteiger partial charge in [0, 0.05) is 36.1 Å². The number of hydrogen-bond donors (Lipinski definition) is 2. The second-order valence-electron chi connectivity index (χ2n) is 8.32. The van der Waals surface area contributed by atoms with Gasteiger partial charge in [0.25, 0.3) is 0 Å². The van der Waals surface area contributed by atoms with Crippen molar-refractivity contribution in [2.45, 2.75) is 19.6 Å². The molecule has 186 valence electrons. The number of rotatable bonds is 11. The van der Waals surface area contributed by atoms with Gasteiger partial charge in [0.2, 0.25) is 5.75 Å². The molecule has 7 heteroatoms. The molecule has 4 rings (SSSR count). The van der Waals surface area contributed by atoms with Crippen molar-refractivity contribution in [1.29, 1.82) is 0 Å². The highest BCUT2D eigenvalue weighted by molar-refractivity contribution is 5.98. The van der Waals surface area contributed by atoms with Crippen molar-refractivity contribution in [3.8, 4) is 17.2 Å². The smallest absolute Gasteiger partial charge is 0.352 e. The summed E-state index contributed by atoms with van der Waals surface area (Å²) in [6.45, 7) is 5.11. The van der Waals surface area contributed by atoms with E-state index in [0.717, 1.165) is 33.2 Å². The molecule has 3 aromatic carbocycles. The topological polar surface area (TPSA) is 82.0 Å². The SMILES string of the molecule is C=Cc1ccc(Cn2c(C(=O)O)c(CNCc3cc(OC)c(OC)c(OC)c3)c3ccccc32)cc1. The number of methoxy groups -OCH3 is 3. The number of ether oxygens (including phenoxy) is 3. The van der Waals surface area contributed by atoms with Crippen molar-refractivity contribution in [3.05, 3.63) is 95.2 Å². The number of hydrogen-bond acceptors (Lipinski definition) is 5. The summed E-state index contributed by atoms with van der Waals surface area (Å²) >= 11 is 0. The molecule has 0 atom stereocenters. The number of para-hydroxylation sites is 1. The van der Waals surface area contributed by atoms with Crippen LogP contribution in [0.5, 0.6) is 17.2 Å². The summed E-state index contributed by atoms with van der Waals surface area (Å²) in [5.41, 5.74) is 4.86. The lowest BCUT2D eigenvalue weighted by atomic mass is 10.1. The van der Waals surface area contributed by atoms with Crippen LogP contribution < -0.4 is 19.5 Å². The molecule has 7 nitrogen and oxygen atoms in total. The first-order valence-electron chi connectivity index (χ1n) is 11.5. The van der Waals surface area contributed by atoms with Crippen LogP contribution in [0.1, 0.15) is 32.7 Å². The van der Waals surface area contributed by atoms with Crippen molar-refractivity contribution in [2.24, 2.45) is 0 Å². The maximum absolute atomic E-state index is 12.5. The van der Waals surface area contributed by atoms with Crippen LogP contribution in [0.2, 0.25) is 0 Å². The molecule has 0 fully saturated rings. The van der Waals surface area contributed by atoms with Crippen molar-refractivity contribution < 1.29 is 24.1 Å². The molecule has 0 radical (unpaired) electrons. The molecule has 1 heterocycles. The van der Waals surface area contributed by atoms with E-state index in [1.165, 1.54) is 0 Å². The van der Waals surface area contributed by atoms with Gasteiger partial charge in [-0.1, -0.05) is 55.1 Å². The minimum atomic E-state index is -0.960. The Morgan fingerprint density at radius 1 is 0.944 bits per heavy atom. The highest BCUT2D eigenvalue weighted by Crippen LogP contribution is 2.38. The summed E-state index contributed by atoms with van der Waals surface area (Å²) in [6.07, 6.45) is 1.79. The van der Waals surface area contributed by atoms with Crippen LogP contribution in [-0.4, -0.2) is 37.0 Å². The first-order chi connectivity index (χ1) is 17.5. The fraction of sp³-hybridized carbons (Fsp3) is 0.207. The molecule has 0 unspecified atom stereocenters.